The van der Waals surface area contributed by atoms with E-state index in [1.54, 1.807) is 0 Å². The molecule has 0 amide bonds. The smallest absolute Gasteiger partial charge is 0.0431 e. The van der Waals surface area contributed by atoms with Crippen LogP contribution in [0.3, 0.4) is 0 Å². The summed E-state index contributed by atoms with van der Waals surface area (Å²) < 4.78 is 0. The molecule has 0 atom stereocenters. The van der Waals surface area contributed by atoms with E-state index in [9.17, 15) is 0 Å². The summed E-state index contributed by atoms with van der Waals surface area (Å²) in [6.45, 7) is 2.53. The number of aliphatic hydroxyl groups excluding tert-OH is 1. The van der Waals surface area contributed by atoms with Gasteiger partial charge in [0.1, 0.15) is 0 Å². The van der Waals surface area contributed by atoms with Crippen molar-refractivity contribution in [2.45, 2.75) is 32.6 Å². The third-order valence-corrected chi connectivity index (χ3v) is 1.01. The van der Waals surface area contributed by atoms with Crippen molar-refractivity contribution < 1.29 is 43.7 Å². The molecule has 0 aliphatic rings. The van der Waals surface area contributed by atoms with Crippen molar-refractivity contribution in [1.82, 2.24) is 0 Å². The third kappa shape index (κ3) is 10.3. The second-order valence-corrected chi connectivity index (χ2v) is 1.78. The molecule has 1 radical (unpaired) electrons. The first-order chi connectivity index (χ1) is 3.41. The van der Waals surface area contributed by atoms with Crippen LogP contribution in [0.1, 0.15) is 32.6 Å². The van der Waals surface area contributed by atoms with E-state index in [2.05, 4.69) is 6.92 Å². The predicted molar refractivity (Wildman–Crippen MR) is 31.2 cm³/mol. The molecule has 0 aliphatic heterocycles. The summed E-state index contributed by atoms with van der Waals surface area (Å²) in [5.41, 5.74) is 0. The van der Waals surface area contributed by atoms with Gasteiger partial charge in [-0.25, -0.2) is 0 Å². The van der Waals surface area contributed by atoms with Crippen molar-refractivity contribution in [3.8, 4) is 0 Å². The van der Waals surface area contributed by atoms with Gasteiger partial charge in [-0.2, -0.15) is 0 Å². The Kier molecular flexibility index (Phi) is 16.6. The summed E-state index contributed by atoms with van der Waals surface area (Å²) >= 11 is 0. The van der Waals surface area contributed by atoms with Gasteiger partial charge in [0.2, 0.25) is 0 Å². The molecule has 1 nitrogen and oxygen atoms in total. The van der Waals surface area contributed by atoms with Crippen molar-refractivity contribution in [2.75, 3.05) is 6.61 Å². The molecular formula is C6H14OTb. The molecule has 0 spiro atoms. The number of unbranched alkanes of at least 4 members (excludes halogenated alkanes) is 3. The average molecular weight is 261 g/mol. The Morgan fingerprint density at radius 2 is 1.75 bits per heavy atom. The molecule has 53 valence electrons. The van der Waals surface area contributed by atoms with Crippen LogP contribution in [-0.2, 0) is 0 Å². The summed E-state index contributed by atoms with van der Waals surface area (Å²) in [5, 5.41) is 8.29. The predicted octanol–water partition coefficient (Wildman–Crippen LogP) is 1.56. The number of aliphatic hydroxyl groups is 1. The van der Waals surface area contributed by atoms with Crippen LogP contribution in [0.15, 0.2) is 0 Å². The molecule has 8 heavy (non-hydrogen) atoms. The van der Waals surface area contributed by atoms with Gasteiger partial charge in [0.25, 0.3) is 0 Å². The van der Waals surface area contributed by atoms with Crippen molar-refractivity contribution in [3.05, 3.63) is 0 Å². The van der Waals surface area contributed by atoms with Crippen LogP contribution < -0.4 is 0 Å². The molecule has 0 aromatic heterocycles. The van der Waals surface area contributed by atoms with Crippen molar-refractivity contribution in [3.63, 3.8) is 0 Å². The van der Waals surface area contributed by atoms with Crippen LogP contribution in [0.25, 0.3) is 0 Å². The van der Waals surface area contributed by atoms with Gasteiger partial charge in [0.15, 0.2) is 0 Å². The summed E-state index contributed by atoms with van der Waals surface area (Å²) in [6, 6.07) is 0. The summed E-state index contributed by atoms with van der Waals surface area (Å²) in [5.74, 6) is 0. The van der Waals surface area contributed by atoms with Crippen LogP contribution in [0.4, 0.5) is 0 Å². The topological polar surface area (TPSA) is 20.2 Å². The first-order valence-electron chi connectivity index (χ1n) is 3.02. The normalized spacial score (nSPS) is 8.25. The van der Waals surface area contributed by atoms with Crippen LogP contribution in [0, 0.1) is 38.6 Å². The van der Waals surface area contributed by atoms with Crippen molar-refractivity contribution in [1.29, 1.82) is 0 Å². The van der Waals surface area contributed by atoms with Gasteiger partial charge in [-0.1, -0.05) is 26.2 Å². The molecule has 1 N–H and O–H groups in total. The van der Waals surface area contributed by atoms with E-state index in [0.717, 1.165) is 6.42 Å². The zero-order valence-corrected chi connectivity index (χ0v) is 7.45. The first-order valence-corrected chi connectivity index (χ1v) is 3.02. The van der Waals surface area contributed by atoms with Crippen LogP contribution >= 0.6 is 0 Å². The Bertz CT molecular complexity index is 27.7. The Hall–Kier alpha value is 1.25. The van der Waals surface area contributed by atoms with E-state index in [4.69, 9.17) is 5.11 Å². The van der Waals surface area contributed by atoms with E-state index < -0.39 is 0 Å². The molecule has 0 saturated heterocycles. The Morgan fingerprint density at radius 1 is 1.12 bits per heavy atom. The minimum Gasteiger partial charge on any atom is -0.396 e. The SMILES string of the molecule is CCCCCCO.[Tb]. The van der Waals surface area contributed by atoms with Gasteiger partial charge in [-0.15, -0.1) is 0 Å². The van der Waals surface area contributed by atoms with Crippen LogP contribution in [0.2, 0.25) is 0 Å². The summed E-state index contributed by atoms with van der Waals surface area (Å²) in [6.07, 6.45) is 4.68. The van der Waals surface area contributed by atoms with Gasteiger partial charge in [-0.05, 0) is 6.42 Å². The van der Waals surface area contributed by atoms with Crippen LogP contribution in [0.5, 0.6) is 0 Å². The molecule has 0 heterocycles. The standard InChI is InChI=1S/C6H14O.Tb/c1-2-3-4-5-6-7;/h7H,2-6H2,1H3;. The van der Waals surface area contributed by atoms with Gasteiger partial charge < -0.3 is 5.11 Å². The van der Waals surface area contributed by atoms with Gasteiger partial charge >= 0.3 is 0 Å². The van der Waals surface area contributed by atoms with E-state index in [1.807, 2.05) is 0 Å². The molecule has 0 unspecified atom stereocenters. The molecule has 0 rings (SSSR count). The second kappa shape index (κ2) is 11.1. The van der Waals surface area contributed by atoms with E-state index >= 15 is 0 Å². The molecule has 0 bridgehead atoms. The number of rotatable bonds is 4. The Labute approximate surface area is 82.3 Å². The third-order valence-electron chi connectivity index (χ3n) is 1.01. The quantitative estimate of drug-likeness (QED) is 0.761. The minimum absolute atomic E-state index is 0. The molecular weight excluding hydrogens is 247 g/mol. The fourth-order valence-corrected chi connectivity index (χ4v) is 0.539. The van der Waals surface area contributed by atoms with Gasteiger partial charge in [-0.3, -0.25) is 0 Å². The fraction of sp³-hybridized carbons (Fsp3) is 1.00. The molecule has 0 saturated carbocycles. The second-order valence-electron chi connectivity index (χ2n) is 1.78. The van der Waals surface area contributed by atoms with Crippen molar-refractivity contribution >= 4 is 0 Å². The monoisotopic (exact) mass is 261 g/mol. The average Bonchev–Trinajstić information content (AvgIpc) is 1.69. The first kappa shape index (κ1) is 12.0. The zero-order valence-electron chi connectivity index (χ0n) is 5.32. The molecule has 0 aliphatic carbocycles. The number of hydrogen-bond acceptors (Lipinski definition) is 1. The molecule has 2 heteroatoms. The zero-order chi connectivity index (χ0) is 5.54. The Balaban J connectivity index is 0. The van der Waals surface area contributed by atoms with Crippen molar-refractivity contribution in [2.24, 2.45) is 0 Å². The largest absolute Gasteiger partial charge is 0.396 e. The van der Waals surface area contributed by atoms with E-state index in [0.29, 0.717) is 6.61 Å². The maximum absolute atomic E-state index is 8.29. The van der Waals surface area contributed by atoms with Gasteiger partial charge in [0, 0.05) is 45.2 Å². The minimum atomic E-state index is 0. The molecule has 0 fully saturated rings. The summed E-state index contributed by atoms with van der Waals surface area (Å²) in [7, 11) is 0. The van der Waals surface area contributed by atoms with Crippen LogP contribution in [-0.4, -0.2) is 11.7 Å². The maximum atomic E-state index is 8.29. The Morgan fingerprint density at radius 3 is 2.12 bits per heavy atom. The molecule has 0 aromatic rings. The van der Waals surface area contributed by atoms with E-state index in [1.165, 1.54) is 19.3 Å². The number of hydrogen-bond donors (Lipinski definition) is 1. The maximum Gasteiger partial charge on any atom is 0.0431 e. The fourth-order valence-electron chi connectivity index (χ4n) is 0.539. The summed E-state index contributed by atoms with van der Waals surface area (Å²) in [4.78, 5) is 0. The van der Waals surface area contributed by atoms with Gasteiger partial charge in [0.05, 0.1) is 0 Å². The van der Waals surface area contributed by atoms with E-state index in [-0.39, 0.29) is 38.6 Å². The molecule has 0 aromatic carbocycles.